The maximum Gasteiger partial charge on any atom is 0.269 e. The zero-order valence-electron chi connectivity index (χ0n) is 15.5. The highest BCUT2D eigenvalue weighted by atomic mass is 35.5. The summed E-state index contributed by atoms with van der Waals surface area (Å²) in [5.41, 5.74) is 6.82. The van der Waals surface area contributed by atoms with Crippen molar-refractivity contribution in [3.8, 4) is 0 Å². The number of carbonyl (C=O) groups excluding carboxylic acids is 1. The molecule has 2 aromatic rings. The first-order chi connectivity index (χ1) is 12.8. The van der Waals surface area contributed by atoms with E-state index < -0.39 is 6.04 Å². The highest BCUT2D eigenvalue weighted by molar-refractivity contribution is 6.29. The van der Waals surface area contributed by atoms with Crippen LogP contribution in [0.1, 0.15) is 51.1 Å². The molecule has 2 aromatic heterocycles. The van der Waals surface area contributed by atoms with E-state index in [1.165, 1.54) is 6.07 Å². The fraction of sp³-hybridized carbons (Fsp3) is 0.556. The molecular formula is C18H25ClN6O2. The number of nitrogens with one attached hydrogen (secondary N) is 2. The quantitative estimate of drug-likeness (QED) is 0.721. The number of hydrogen-bond donors (Lipinski definition) is 3. The molecule has 3 rings (SSSR count). The summed E-state index contributed by atoms with van der Waals surface area (Å²) in [5.74, 6) is 0.723. The highest BCUT2D eigenvalue weighted by Gasteiger charge is 2.28. The molecule has 8 nitrogen and oxygen atoms in total. The van der Waals surface area contributed by atoms with Crippen LogP contribution >= 0.6 is 11.6 Å². The average molecular weight is 393 g/mol. The fourth-order valence-electron chi connectivity index (χ4n) is 3.55. The van der Waals surface area contributed by atoms with E-state index in [0.29, 0.717) is 17.2 Å². The third-order valence-electron chi connectivity index (χ3n) is 5.39. The van der Waals surface area contributed by atoms with Crippen LogP contribution in [-0.2, 0) is 4.79 Å². The van der Waals surface area contributed by atoms with Crippen LogP contribution in [-0.4, -0.2) is 31.9 Å². The Morgan fingerprint density at radius 2 is 2.11 bits per heavy atom. The van der Waals surface area contributed by atoms with Crippen molar-refractivity contribution in [1.29, 1.82) is 0 Å². The molecule has 0 aliphatic heterocycles. The van der Waals surface area contributed by atoms with Gasteiger partial charge in [-0.15, -0.1) is 0 Å². The molecular weight excluding hydrogens is 368 g/mol. The van der Waals surface area contributed by atoms with Crippen molar-refractivity contribution < 1.29 is 4.79 Å². The number of carbonyl (C=O) groups is 1. The number of nitrogens with zero attached hydrogens (tertiary/aromatic N) is 3. The molecule has 9 heteroatoms. The van der Waals surface area contributed by atoms with Crippen molar-refractivity contribution in [2.24, 2.45) is 17.6 Å². The average Bonchev–Trinajstić information content (AvgIpc) is 3.11. The van der Waals surface area contributed by atoms with Crippen LogP contribution in [0.2, 0.25) is 5.15 Å². The maximum atomic E-state index is 12.5. The molecule has 1 saturated carbocycles. The molecule has 2 heterocycles. The number of halogens is 1. The monoisotopic (exact) mass is 392 g/mol. The molecule has 4 N–H and O–H groups in total. The summed E-state index contributed by atoms with van der Waals surface area (Å²) >= 11 is 5.86. The van der Waals surface area contributed by atoms with Crippen LogP contribution < -0.4 is 16.6 Å². The van der Waals surface area contributed by atoms with Crippen LogP contribution in [0.25, 0.3) is 0 Å². The summed E-state index contributed by atoms with van der Waals surface area (Å²) in [4.78, 5) is 24.4. The van der Waals surface area contributed by atoms with E-state index in [4.69, 9.17) is 17.3 Å². The molecule has 0 saturated heterocycles. The van der Waals surface area contributed by atoms with Crippen LogP contribution in [0.5, 0.6) is 0 Å². The number of nitrogens with two attached hydrogens (primary N) is 1. The van der Waals surface area contributed by atoms with Crippen LogP contribution in [0, 0.1) is 11.8 Å². The van der Waals surface area contributed by atoms with Gasteiger partial charge in [0, 0.05) is 11.8 Å². The molecule has 0 radical (unpaired) electrons. The lowest BCUT2D eigenvalue weighted by Crippen LogP contribution is -2.43. The first-order valence-electron chi connectivity index (χ1n) is 9.21. The van der Waals surface area contributed by atoms with Gasteiger partial charge < -0.3 is 11.1 Å². The van der Waals surface area contributed by atoms with E-state index in [2.05, 4.69) is 27.5 Å². The number of rotatable bonds is 5. The Hall–Kier alpha value is -2.19. The molecule has 146 valence electrons. The maximum absolute atomic E-state index is 12.5. The summed E-state index contributed by atoms with van der Waals surface area (Å²) in [6, 6.07) is 0.610. The minimum atomic E-state index is -0.528. The van der Waals surface area contributed by atoms with Gasteiger partial charge in [-0.1, -0.05) is 31.4 Å². The Morgan fingerprint density at radius 1 is 1.41 bits per heavy atom. The second kappa shape index (κ2) is 8.22. The largest absolute Gasteiger partial charge is 0.322 e. The lowest BCUT2D eigenvalue weighted by Gasteiger charge is -2.29. The lowest BCUT2D eigenvalue weighted by atomic mass is 9.79. The van der Waals surface area contributed by atoms with Gasteiger partial charge in [-0.3, -0.25) is 14.3 Å². The van der Waals surface area contributed by atoms with E-state index in [1.807, 2.05) is 6.92 Å². The topological polar surface area (TPSA) is 119 Å². The van der Waals surface area contributed by atoms with Gasteiger partial charge in [0.2, 0.25) is 5.91 Å². The van der Waals surface area contributed by atoms with E-state index in [0.717, 1.165) is 25.7 Å². The van der Waals surface area contributed by atoms with Gasteiger partial charge in [0.1, 0.15) is 5.15 Å². The SMILES string of the molecule is CC1CCC([C@H](N)C(=O)Nc2cnn(C(C)c3cc(Cl)n[nH]c3=O)c2)CC1. The molecule has 27 heavy (non-hydrogen) atoms. The van der Waals surface area contributed by atoms with Gasteiger partial charge in [-0.2, -0.15) is 10.2 Å². The predicted molar refractivity (Wildman–Crippen MR) is 104 cm³/mol. The predicted octanol–water partition coefficient (Wildman–Crippen LogP) is 2.32. The highest BCUT2D eigenvalue weighted by Crippen LogP contribution is 2.30. The second-order valence-electron chi connectivity index (χ2n) is 7.40. The first kappa shape index (κ1) is 19.6. The zero-order chi connectivity index (χ0) is 19.6. The number of anilines is 1. The van der Waals surface area contributed by atoms with E-state index in [9.17, 15) is 9.59 Å². The van der Waals surface area contributed by atoms with Crippen molar-refractivity contribution in [1.82, 2.24) is 20.0 Å². The number of H-pyrrole nitrogens is 1. The van der Waals surface area contributed by atoms with Gasteiger partial charge in [-0.05, 0) is 37.7 Å². The zero-order valence-corrected chi connectivity index (χ0v) is 16.2. The third kappa shape index (κ3) is 4.56. The van der Waals surface area contributed by atoms with Gasteiger partial charge in [0.25, 0.3) is 5.56 Å². The molecule has 1 aliphatic rings. The summed E-state index contributed by atoms with van der Waals surface area (Å²) < 4.78 is 1.59. The Bertz CT molecular complexity index is 856. The van der Waals surface area contributed by atoms with E-state index in [1.54, 1.807) is 17.1 Å². The van der Waals surface area contributed by atoms with Crippen molar-refractivity contribution in [3.05, 3.63) is 39.5 Å². The second-order valence-corrected chi connectivity index (χ2v) is 7.78. The molecule has 0 bridgehead atoms. The minimum Gasteiger partial charge on any atom is -0.322 e. The van der Waals surface area contributed by atoms with Crippen molar-refractivity contribution in [2.45, 2.75) is 51.6 Å². The summed E-state index contributed by atoms with van der Waals surface area (Å²) in [6.45, 7) is 4.05. The summed E-state index contributed by atoms with van der Waals surface area (Å²) in [7, 11) is 0. The van der Waals surface area contributed by atoms with Crippen molar-refractivity contribution in [3.63, 3.8) is 0 Å². The van der Waals surface area contributed by atoms with E-state index in [-0.39, 0.29) is 28.6 Å². The van der Waals surface area contributed by atoms with Crippen LogP contribution in [0.15, 0.2) is 23.3 Å². The molecule has 1 unspecified atom stereocenters. The normalized spacial score (nSPS) is 22.2. The molecule has 2 atom stereocenters. The number of aromatic amines is 1. The molecule has 1 amide bonds. The fourth-order valence-corrected chi connectivity index (χ4v) is 3.71. The van der Waals surface area contributed by atoms with Gasteiger partial charge in [0.05, 0.1) is 24.0 Å². The Morgan fingerprint density at radius 3 is 2.81 bits per heavy atom. The van der Waals surface area contributed by atoms with Gasteiger partial charge >= 0.3 is 0 Å². The Labute approximate surface area is 162 Å². The molecule has 1 aliphatic carbocycles. The molecule has 0 spiro atoms. The van der Waals surface area contributed by atoms with E-state index >= 15 is 0 Å². The van der Waals surface area contributed by atoms with Crippen LogP contribution in [0.3, 0.4) is 0 Å². The van der Waals surface area contributed by atoms with Crippen molar-refractivity contribution >= 4 is 23.2 Å². The third-order valence-corrected chi connectivity index (χ3v) is 5.58. The Kier molecular flexibility index (Phi) is 5.96. The Balaban J connectivity index is 1.66. The first-order valence-corrected chi connectivity index (χ1v) is 9.58. The van der Waals surface area contributed by atoms with Crippen LogP contribution in [0.4, 0.5) is 5.69 Å². The minimum absolute atomic E-state index is 0.199. The lowest BCUT2D eigenvalue weighted by molar-refractivity contribution is -0.118. The van der Waals surface area contributed by atoms with Crippen molar-refractivity contribution in [2.75, 3.05) is 5.32 Å². The number of hydrogen-bond acceptors (Lipinski definition) is 5. The number of aromatic nitrogens is 4. The standard InChI is InChI=1S/C18H25ClN6O2/c1-10-3-5-12(6-4-10)16(20)18(27)22-13-8-21-25(9-13)11(2)14-7-15(19)23-24-17(14)26/h7-12,16H,3-6,20H2,1-2H3,(H,22,27)(H,24,26)/t10?,11?,12?,16-/m0/s1. The van der Waals surface area contributed by atoms with Gasteiger partial charge in [0.15, 0.2) is 0 Å². The van der Waals surface area contributed by atoms with Gasteiger partial charge in [-0.25, -0.2) is 5.10 Å². The molecule has 1 fully saturated rings. The molecule has 0 aromatic carbocycles. The smallest absolute Gasteiger partial charge is 0.269 e. The number of amides is 1. The summed E-state index contributed by atoms with van der Waals surface area (Å²) in [5, 5.41) is 13.3. The summed E-state index contributed by atoms with van der Waals surface area (Å²) in [6.07, 6.45) is 7.41.